The summed E-state index contributed by atoms with van der Waals surface area (Å²) in [4.78, 5) is 24.7. The van der Waals surface area contributed by atoms with Gasteiger partial charge in [0.2, 0.25) is 0 Å². The van der Waals surface area contributed by atoms with Gasteiger partial charge in [-0.15, -0.1) is 0 Å². The molecule has 3 aromatic heterocycles. The molecule has 0 aliphatic carbocycles. The van der Waals surface area contributed by atoms with Gasteiger partial charge < -0.3 is 4.90 Å². The molecular weight excluding hydrogens is 375 g/mol. The van der Waals surface area contributed by atoms with Crippen LogP contribution in [-0.4, -0.2) is 38.8 Å². The summed E-state index contributed by atoms with van der Waals surface area (Å²) in [6.07, 6.45) is 6.19. The second kappa shape index (κ2) is 7.52. The van der Waals surface area contributed by atoms with Crippen LogP contribution in [0.3, 0.4) is 0 Å². The van der Waals surface area contributed by atoms with Crippen molar-refractivity contribution in [3.8, 4) is 11.3 Å². The first kappa shape index (κ1) is 18.3. The molecule has 0 bridgehead atoms. The number of imidazole rings is 1. The molecule has 3 heterocycles. The van der Waals surface area contributed by atoms with Crippen molar-refractivity contribution in [2.75, 3.05) is 13.6 Å². The van der Waals surface area contributed by atoms with Crippen LogP contribution in [0, 0.1) is 12.7 Å². The minimum absolute atomic E-state index is 0.00890. The summed E-state index contributed by atoms with van der Waals surface area (Å²) in [6.45, 7) is 2.55. The number of halogens is 1. The van der Waals surface area contributed by atoms with Crippen LogP contribution < -0.4 is 0 Å². The van der Waals surface area contributed by atoms with Crippen LogP contribution in [0.5, 0.6) is 0 Å². The molecule has 0 unspecified atom stereocenters. The number of carbonyl (C=O) groups is 1. The zero-order valence-corrected chi connectivity index (χ0v) is 16.4. The van der Waals surface area contributed by atoms with Crippen molar-refractivity contribution in [1.82, 2.24) is 19.3 Å². The van der Waals surface area contributed by atoms with E-state index in [0.29, 0.717) is 11.4 Å². The topological polar surface area (TPSA) is 50.5 Å². The van der Waals surface area contributed by atoms with Gasteiger partial charge in [0.05, 0.1) is 5.69 Å². The van der Waals surface area contributed by atoms with Gasteiger partial charge in [0.15, 0.2) is 4.96 Å². The fourth-order valence-corrected chi connectivity index (χ4v) is 4.13. The Kier molecular flexibility index (Phi) is 4.92. The quantitative estimate of drug-likeness (QED) is 0.509. The Bertz CT molecular complexity index is 1120. The molecule has 0 saturated carbocycles. The van der Waals surface area contributed by atoms with E-state index in [-0.39, 0.29) is 11.7 Å². The van der Waals surface area contributed by atoms with Gasteiger partial charge >= 0.3 is 0 Å². The lowest BCUT2D eigenvalue weighted by Gasteiger charge is -2.16. The van der Waals surface area contributed by atoms with Crippen LogP contribution in [-0.2, 0) is 6.42 Å². The Hall–Kier alpha value is -3.06. The van der Waals surface area contributed by atoms with E-state index in [4.69, 9.17) is 0 Å². The normalized spacial score (nSPS) is 11.1. The van der Waals surface area contributed by atoms with E-state index in [1.54, 1.807) is 29.4 Å². The zero-order valence-electron chi connectivity index (χ0n) is 15.6. The van der Waals surface area contributed by atoms with Crippen LogP contribution >= 0.6 is 11.3 Å². The predicted molar refractivity (Wildman–Crippen MR) is 108 cm³/mol. The van der Waals surface area contributed by atoms with Crippen LogP contribution in [0.2, 0.25) is 0 Å². The van der Waals surface area contributed by atoms with Crippen LogP contribution in [0.25, 0.3) is 16.2 Å². The molecule has 5 nitrogen and oxygen atoms in total. The van der Waals surface area contributed by atoms with Crippen LogP contribution in [0.4, 0.5) is 4.39 Å². The highest BCUT2D eigenvalue weighted by atomic mass is 32.1. The number of aryl methyl sites for hydroxylation is 1. The number of rotatable bonds is 5. The Morgan fingerprint density at radius 3 is 2.57 bits per heavy atom. The average Bonchev–Trinajstić information content (AvgIpc) is 3.26. The fraction of sp³-hybridized carbons (Fsp3) is 0.190. The number of amides is 1. The average molecular weight is 394 g/mol. The van der Waals surface area contributed by atoms with E-state index in [9.17, 15) is 9.18 Å². The maximum absolute atomic E-state index is 13.1. The molecular formula is C21H19FN4OS. The van der Waals surface area contributed by atoms with E-state index >= 15 is 0 Å². The van der Waals surface area contributed by atoms with Gasteiger partial charge in [-0.05, 0) is 55.3 Å². The lowest BCUT2D eigenvalue weighted by Crippen LogP contribution is -2.28. The predicted octanol–water partition coefficient (Wildman–Crippen LogP) is 4.22. The minimum atomic E-state index is -0.274. The molecule has 28 heavy (non-hydrogen) atoms. The van der Waals surface area contributed by atoms with Crippen molar-refractivity contribution >= 4 is 22.2 Å². The maximum Gasteiger partial charge on any atom is 0.265 e. The highest BCUT2D eigenvalue weighted by Gasteiger charge is 2.21. The molecule has 0 N–H and O–H groups in total. The number of hydrogen-bond donors (Lipinski definition) is 0. The SMILES string of the molecule is Cc1c(C(=O)N(C)CCc2ccncc2)sc2nc(-c3ccc(F)cc3)cn12. The lowest BCUT2D eigenvalue weighted by atomic mass is 10.2. The number of hydrogen-bond acceptors (Lipinski definition) is 4. The summed E-state index contributed by atoms with van der Waals surface area (Å²) in [6, 6.07) is 10.2. The van der Waals surface area contributed by atoms with Gasteiger partial charge in [-0.25, -0.2) is 9.37 Å². The van der Waals surface area contributed by atoms with Crippen molar-refractivity contribution in [2.24, 2.45) is 0 Å². The third-order valence-electron chi connectivity index (χ3n) is 4.72. The number of likely N-dealkylation sites (N-methyl/N-ethyl adjacent to an activating group) is 1. The minimum Gasteiger partial charge on any atom is -0.341 e. The molecule has 4 rings (SSSR count). The zero-order chi connectivity index (χ0) is 19.7. The molecule has 142 valence electrons. The van der Waals surface area contributed by atoms with Crippen LogP contribution in [0.1, 0.15) is 20.9 Å². The van der Waals surface area contributed by atoms with Gasteiger partial charge in [0.1, 0.15) is 10.7 Å². The smallest absolute Gasteiger partial charge is 0.265 e. The highest BCUT2D eigenvalue weighted by Crippen LogP contribution is 2.28. The lowest BCUT2D eigenvalue weighted by molar-refractivity contribution is 0.0800. The van der Waals surface area contributed by atoms with Crippen molar-refractivity contribution in [3.63, 3.8) is 0 Å². The summed E-state index contributed by atoms with van der Waals surface area (Å²) in [5.41, 5.74) is 3.62. The Labute approximate surface area is 166 Å². The molecule has 0 radical (unpaired) electrons. The van der Waals surface area contributed by atoms with Gasteiger partial charge in [-0.2, -0.15) is 0 Å². The molecule has 0 saturated heterocycles. The first-order valence-electron chi connectivity index (χ1n) is 8.92. The summed E-state index contributed by atoms with van der Waals surface area (Å²) in [5, 5.41) is 0. The molecule has 1 aromatic carbocycles. The molecule has 0 atom stereocenters. The molecule has 4 aromatic rings. The second-order valence-electron chi connectivity index (χ2n) is 6.63. The molecule has 7 heteroatoms. The van der Waals surface area contributed by atoms with E-state index in [2.05, 4.69) is 9.97 Å². The third kappa shape index (κ3) is 3.53. The fourth-order valence-electron chi connectivity index (χ4n) is 3.03. The largest absolute Gasteiger partial charge is 0.341 e. The van der Waals surface area contributed by atoms with E-state index in [1.165, 1.54) is 23.5 Å². The van der Waals surface area contributed by atoms with E-state index in [1.807, 2.05) is 36.7 Å². The van der Waals surface area contributed by atoms with Crippen molar-refractivity contribution in [3.05, 3.63) is 76.9 Å². The number of aromatic nitrogens is 3. The number of benzene rings is 1. The molecule has 0 aliphatic rings. The number of fused-ring (bicyclic) bond motifs is 1. The van der Waals surface area contributed by atoms with E-state index in [0.717, 1.165) is 33.9 Å². The number of thiazole rings is 1. The van der Waals surface area contributed by atoms with Crippen LogP contribution in [0.15, 0.2) is 55.0 Å². The summed E-state index contributed by atoms with van der Waals surface area (Å²) in [5.74, 6) is -0.283. The third-order valence-corrected chi connectivity index (χ3v) is 5.87. The highest BCUT2D eigenvalue weighted by molar-refractivity contribution is 7.19. The maximum atomic E-state index is 13.1. The second-order valence-corrected chi connectivity index (χ2v) is 7.61. The molecule has 0 aliphatic heterocycles. The first-order valence-corrected chi connectivity index (χ1v) is 9.73. The molecule has 0 spiro atoms. The summed E-state index contributed by atoms with van der Waals surface area (Å²) < 4.78 is 15.1. The summed E-state index contributed by atoms with van der Waals surface area (Å²) >= 11 is 1.38. The van der Waals surface area contributed by atoms with Crippen molar-refractivity contribution in [1.29, 1.82) is 0 Å². The van der Waals surface area contributed by atoms with E-state index < -0.39 is 0 Å². The van der Waals surface area contributed by atoms with Gasteiger partial charge in [0, 0.05) is 43.4 Å². The Balaban J connectivity index is 1.53. The van der Waals surface area contributed by atoms with Crippen molar-refractivity contribution < 1.29 is 9.18 Å². The van der Waals surface area contributed by atoms with Crippen molar-refractivity contribution in [2.45, 2.75) is 13.3 Å². The number of nitrogens with zero attached hydrogens (tertiary/aromatic N) is 4. The van der Waals surface area contributed by atoms with Gasteiger partial charge in [-0.1, -0.05) is 11.3 Å². The standard InChI is InChI=1S/C21H19FN4OS/c1-14-19(20(27)25(2)12-9-15-7-10-23-11-8-15)28-21-24-18(13-26(14)21)16-3-5-17(22)6-4-16/h3-8,10-11,13H,9,12H2,1-2H3. The molecule has 0 fully saturated rings. The Morgan fingerprint density at radius 1 is 1.18 bits per heavy atom. The summed E-state index contributed by atoms with van der Waals surface area (Å²) in [7, 11) is 1.81. The van der Waals surface area contributed by atoms with Gasteiger partial charge in [0.25, 0.3) is 5.91 Å². The first-order chi connectivity index (χ1) is 13.5. The molecule has 1 amide bonds. The number of carbonyl (C=O) groups excluding carboxylic acids is 1. The monoisotopic (exact) mass is 394 g/mol. The van der Waals surface area contributed by atoms with Gasteiger partial charge in [-0.3, -0.25) is 14.2 Å². The Morgan fingerprint density at radius 2 is 1.89 bits per heavy atom. The number of pyridine rings is 1.